The molecule has 0 aromatic carbocycles. The molecule has 3 saturated heterocycles. The van der Waals surface area contributed by atoms with Gasteiger partial charge >= 0.3 is 0 Å². The Morgan fingerprint density at radius 1 is 0.650 bits per heavy atom. The van der Waals surface area contributed by atoms with E-state index in [0.29, 0.717) is 6.29 Å². The van der Waals surface area contributed by atoms with Crippen molar-refractivity contribution in [3.8, 4) is 0 Å². The highest BCUT2D eigenvalue weighted by molar-refractivity contribution is 4.90. The van der Waals surface area contributed by atoms with E-state index >= 15 is 0 Å². The molecular formula is C16H28N4. The molecule has 0 unspecified atom stereocenters. The highest BCUT2D eigenvalue weighted by Gasteiger charge is 2.33. The van der Waals surface area contributed by atoms with Crippen LogP contribution in [-0.2, 0) is 0 Å². The van der Waals surface area contributed by atoms with Gasteiger partial charge in [0.2, 0.25) is 0 Å². The van der Waals surface area contributed by atoms with Gasteiger partial charge in [0, 0.05) is 58.9 Å². The van der Waals surface area contributed by atoms with Crippen LogP contribution in [0.15, 0.2) is 38.0 Å². The van der Waals surface area contributed by atoms with Crippen LogP contribution < -0.4 is 0 Å². The summed E-state index contributed by atoms with van der Waals surface area (Å²) in [6, 6.07) is 0. The van der Waals surface area contributed by atoms with Crippen LogP contribution in [-0.4, -0.2) is 84.8 Å². The van der Waals surface area contributed by atoms with Gasteiger partial charge < -0.3 is 0 Å². The first-order chi connectivity index (χ1) is 9.80. The SMILES string of the molecule is C=CCN1CCN2CCN(CC=C)C1N(CC=C)CC2. The number of hydrogen-bond donors (Lipinski definition) is 0. The summed E-state index contributed by atoms with van der Waals surface area (Å²) in [7, 11) is 0. The second-order valence-electron chi connectivity index (χ2n) is 5.54. The first kappa shape index (κ1) is 15.4. The molecule has 3 aliphatic rings. The Morgan fingerprint density at radius 2 is 1.00 bits per heavy atom. The molecule has 3 rings (SSSR count). The fourth-order valence-electron chi connectivity index (χ4n) is 3.24. The number of rotatable bonds is 6. The average Bonchev–Trinajstić information content (AvgIpc) is 2.40. The molecule has 4 heteroatoms. The molecule has 0 atom stereocenters. The summed E-state index contributed by atoms with van der Waals surface area (Å²) in [4.78, 5) is 10.1. The zero-order valence-corrected chi connectivity index (χ0v) is 12.6. The Kier molecular flexibility index (Phi) is 5.98. The molecule has 0 radical (unpaired) electrons. The van der Waals surface area contributed by atoms with Crippen LogP contribution in [0.25, 0.3) is 0 Å². The standard InChI is InChI=1S/C16H28N4/c1-4-7-18-13-10-17-11-14-19(8-5-2)16(18)20(9-6-3)15-12-17/h4-6,16H,1-3,7-15H2. The van der Waals surface area contributed by atoms with E-state index in [1.807, 2.05) is 18.2 Å². The topological polar surface area (TPSA) is 13.0 Å². The van der Waals surface area contributed by atoms with E-state index in [0.717, 1.165) is 58.9 Å². The third kappa shape index (κ3) is 3.58. The minimum atomic E-state index is 0.339. The van der Waals surface area contributed by atoms with Crippen molar-refractivity contribution in [2.24, 2.45) is 0 Å². The van der Waals surface area contributed by atoms with Crippen molar-refractivity contribution >= 4 is 0 Å². The minimum absolute atomic E-state index is 0.339. The lowest BCUT2D eigenvalue weighted by molar-refractivity contribution is -0.0935. The van der Waals surface area contributed by atoms with Crippen molar-refractivity contribution < 1.29 is 0 Å². The zero-order valence-electron chi connectivity index (χ0n) is 12.6. The summed E-state index contributed by atoms with van der Waals surface area (Å²) in [5.74, 6) is 0. The first-order valence-corrected chi connectivity index (χ1v) is 7.57. The maximum Gasteiger partial charge on any atom is 0.120 e. The fraction of sp³-hybridized carbons (Fsp3) is 0.625. The predicted molar refractivity (Wildman–Crippen MR) is 85.5 cm³/mol. The molecule has 0 aromatic rings. The van der Waals surface area contributed by atoms with Gasteiger partial charge in [-0.15, -0.1) is 19.7 Å². The van der Waals surface area contributed by atoms with E-state index in [1.165, 1.54) is 0 Å². The van der Waals surface area contributed by atoms with Crippen molar-refractivity contribution in [1.82, 2.24) is 19.6 Å². The zero-order chi connectivity index (χ0) is 14.4. The molecule has 0 amide bonds. The molecule has 2 bridgehead atoms. The molecule has 0 spiro atoms. The molecule has 0 aliphatic carbocycles. The third-order valence-corrected chi connectivity index (χ3v) is 4.18. The van der Waals surface area contributed by atoms with E-state index in [9.17, 15) is 0 Å². The molecule has 4 nitrogen and oxygen atoms in total. The molecule has 3 heterocycles. The van der Waals surface area contributed by atoms with Crippen molar-refractivity contribution in [2.75, 3.05) is 58.9 Å². The van der Waals surface area contributed by atoms with Crippen molar-refractivity contribution in [2.45, 2.75) is 6.29 Å². The molecule has 112 valence electrons. The Bertz CT molecular complexity index is 289. The summed E-state index contributed by atoms with van der Waals surface area (Å²) in [5.41, 5.74) is 0. The fourth-order valence-corrected chi connectivity index (χ4v) is 3.24. The smallest absolute Gasteiger partial charge is 0.120 e. The molecule has 0 aromatic heterocycles. The molecule has 0 N–H and O–H groups in total. The van der Waals surface area contributed by atoms with Crippen LogP contribution in [0.3, 0.4) is 0 Å². The van der Waals surface area contributed by atoms with Crippen LogP contribution in [0.4, 0.5) is 0 Å². The Morgan fingerprint density at radius 3 is 1.30 bits per heavy atom. The summed E-state index contributed by atoms with van der Waals surface area (Å²) in [5, 5.41) is 0. The van der Waals surface area contributed by atoms with Gasteiger partial charge in [0.15, 0.2) is 0 Å². The van der Waals surface area contributed by atoms with Gasteiger partial charge in [-0.2, -0.15) is 0 Å². The van der Waals surface area contributed by atoms with E-state index in [4.69, 9.17) is 0 Å². The second kappa shape index (κ2) is 7.74. The highest BCUT2D eigenvalue weighted by Crippen LogP contribution is 2.18. The van der Waals surface area contributed by atoms with E-state index < -0.39 is 0 Å². The third-order valence-electron chi connectivity index (χ3n) is 4.18. The quantitative estimate of drug-likeness (QED) is 0.673. The molecule has 0 saturated carbocycles. The van der Waals surface area contributed by atoms with Gasteiger partial charge in [0.25, 0.3) is 0 Å². The van der Waals surface area contributed by atoms with E-state index in [2.05, 4.69) is 39.3 Å². The van der Waals surface area contributed by atoms with Gasteiger partial charge in [-0.05, 0) is 0 Å². The van der Waals surface area contributed by atoms with Crippen molar-refractivity contribution in [3.63, 3.8) is 0 Å². The number of nitrogens with zero attached hydrogens (tertiary/aromatic N) is 4. The van der Waals surface area contributed by atoms with Gasteiger partial charge in [0.05, 0.1) is 0 Å². The van der Waals surface area contributed by atoms with Crippen LogP contribution in [0.1, 0.15) is 0 Å². The summed E-state index contributed by atoms with van der Waals surface area (Å²) >= 11 is 0. The minimum Gasteiger partial charge on any atom is -0.300 e. The summed E-state index contributed by atoms with van der Waals surface area (Å²) in [6.45, 7) is 21.3. The molecule has 20 heavy (non-hydrogen) atoms. The molecule has 3 aliphatic heterocycles. The van der Waals surface area contributed by atoms with E-state index in [-0.39, 0.29) is 0 Å². The van der Waals surface area contributed by atoms with Crippen molar-refractivity contribution in [1.29, 1.82) is 0 Å². The average molecular weight is 276 g/mol. The molecular weight excluding hydrogens is 248 g/mol. The highest BCUT2D eigenvalue weighted by atomic mass is 15.5. The monoisotopic (exact) mass is 276 g/mol. The van der Waals surface area contributed by atoms with E-state index in [1.54, 1.807) is 0 Å². The largest absolute Gasteiger partial charge is 0.300 e. The summed E-state index contributed by atoms with van der Waals surface area (Å²) in [6.07, 6.45) is 6.38. The number of fused-ring (bicyclic) bond motifs is 6. The van der Waals surface area contributed by atoms with Gasteiger partial charge in [-0.25, -0.2) is 0 Å². The Hall–Kier alpha value is -0.940. The van der Waals surface area contributed by atoms with Gasteiger partial charge in [-0.3, -0.25) is 19.6 Å². The summed E-state index contributed by atoms with van der Waals surface area (Å²) < 4.78 is 0. The van der Waals surface area contributed by atoms with Crippen LogP contribution in [0, 0.1) is 0 Å². The maximum absolute atomic E-state index is 3.92. The first-order valence-electron chi connectivity index (χ1n) is 7.57. The van der Waals surface area contributed by atoms with Crippen LogP contribution in [0.2, 0.25) is 0 Å². The van der Waals surface area contributed by atoms with Crippen LogP contribution in [0.5, 0.6) is 0 Å². The van der Waals surface area contributed by atoms with Crippen LogP contribution >= 0.6 is 0 Å². The maximum atomic E-state index is 3.92. The normalized spacial score (nSPS) is 29.4. The second-order valence-corrected chi connectivity index (χ2v) is 5.54. The predicted octanol–water partition coefficient (Wildman–Crippen LogP) is 1.06. The Labute approximate surface area is 123 Å². The lowest BCUT2D eigenvalue weighted by atomic mass is 10.2. The van der Waals surface area contributed by atoms with Gasteiger partial charge in [0.1, 0.15) is 6.29 Å². The molecule has 3 fully saturated rings. The number of hydrogen-bond acceptors (Lipinski definition) is 4. The lowest BCUT2D eigenvalue weighted by Crippen LogP contribution is -2.65. The Balaban J connectivity index is 2.26. The van der Waals surface area contributed by atoms with Crippen molar-refractivity contribution in [3.05, 3.63) is 38.0 Å². The lowest BCUT2D eigenvalue weighted by Gasteiger charge is -2.50. The van der Waals surface area contributed by atoms with Gasteiger partial charge in [-0.1, -0.05) is 18.2 Å².